The fourth-order valence-electron chi connectivity index (χ4n) is 2.69. The van der Waals surface area contributed by atoms with Crippen LogP contribution in [0.4, 0.5) is 4.39 Å². The minimum atomic E-state index is -0.374. The molecular weight excluding hydrogens is 229 g/mol. The highest BCUT2D eigenvalue weighted by molar-refractivity contribution is 5.28. The van der Waals surface area contributed by atoms with Crippen molar-refractivity contribution in [1.29, 1.82) is 0 Å². The van der Waals surface area contributed by atoms with E-state index in [-0.39, 0.29) is 11.6 Å². The third kappa shape index (κ3) is 3.98. The van der Waals surface area contributed by atoms with E-state index in [4.69, 9.17) is 0 Å². The minimum absolute atomic E-state index is 0.00119. The lowest BCUT2D eigenvalue weighted by molar-refractivity contribution is 0.443. The Morgan fingerprint density at radius 2 is 2.06 bits per heavy atom. The zero-order chi connectivity index (χ0) is 13.0. The molecule has 0 bridgehead atoms. The molecule has 18 heavy (non-hydrogen) atoms. The van der Waals surface area contributed by atoms with Crippen LogP contribution >= 0.6 is 0 Å². The molecule has 1 saturated carbocycles. The smallest absolute Gasteiger partial charge is 0.127 e. The van der Waals surface area contributed by atoms with Crippen molar-refractivity contribution < 1.29 is 9.50 Å². The topological polar surface area (TPSA) is 32.3 Å². The van der Waals surface area contributed by atoms with Gasteiger partial charge in [-0.05, 0) is 42.9 Å². The van der Waals surface area contributed by atoms with Crippen molar-refractivity contribution in [3.8, 4) is 5.75 Å². The van der Waals surface area contributed by atoms with E-state index < -0.39 is 0 Å². The monoisotopic (exact) mass is 251 g/mol. The minimum Gasteiger partial charge on any atom is -0.508 e. The molecular formula is C15H22FNO. The van der Waals surface area contributed by atoms with Crippen LogP contribution in [-0.4, -0.2) is 11.1 Å². The quantitative estimate of drug-likeness (QED) is 0.805. The van der Waals surface area contributed by atoms with Gasteiger partial charge in [-0.2, -0.15) is 0 Å². The van der Waals surface area contributed by atoms with Crippen molar-refractivity contribution in [1.82, 2.24) is 5.32 Å². The summed E-state index contributed by atoms with van der Waals surface area (Å²) in [7, 11) is 0. The average Bonchev–Trinajstić information content (AvgIpc) is 2.50. The van der Waals surface area contributed by atoms with E-state index in [0.29, 0.717) is 12.6 Å². The van der Waals surface area contributed by atoms with Crippen LogP contribution in [0.1, 0.15) is 44.6 Å². The van der Waals surface area contributed by atoms with Gasteiger partial charge in [-0.1, -0.05) is 19.8 Å². The molecule has 2 unspecified atom stereocenters. The Kier molecular flexibility index (Phi) is 4.59. The Hall–Kier alpha value is -1.09. The van der Waals surface area contributed by atoms with Crippen LogP contribution < -0.4 is 5.32 Å². The molecule has 0 saturated heterocycles. The average molecular weight is 251 g/mol. The molecule has 2 nitrogen and oxygen atoms in total. The Morgan fingerprint density at radius 1 is 1.22 bits per heavy atom. The van der Waals surface area contributed by atoms with Gasteiger partial charge in [-0.25, -0.2) is 4.39 Å². The fourth-order valence-corrected chi connectivity index (χ4v) is 2.69. The number of hydrogen-bond donors (Lipinski definition) is 2. The van der Waals surface area contributed by atoms with Crippen LogP contribution in [0.3, 0.4) is 0 Å². The molecule has 2 atom stereocenters. The predicted octanol–water partition coefficient (Wildman–Crippen LogP) is 3.59. The van der Waals surface area contributed by atoms with Crippen LogP contribution in [0.15, 0.2) is 18.2 Å². The molecule has 1 aromatic carbocycles. The predicted molar refractivity (Wildman–Crippen MR) is 70.9 cm³/mol. The molecule has 1 aliphatic carbocycles. The Labute approximate surface area is 108 Å². The van der Waals surface area contributed by atoms with Crippen LogP contribution in [0.25, 0.3) is 0 Å². The molecule has 2 rings (SSSR count). The Morgan fingerprint density at radius 3 is 2.83 bits per heavy atom. The number of aromatic hydroxyl groups is 1. The molecule has 0 spiro atoms. The van der Waals surface area contributed by atoms with E-state index in [1.807, 2.05) is 0 Å². The first-order valence-corrected chi connectivity index (χ1v) is 6.85. The summed E-state index contributed by atoms with van der Waals surface area (Å²) in [5.74, 6) is 0.456. The summed E-state index contributed by atoms with van der Waals surface area (Å²) in [5.41, 5.74) is 0.810. The van der Waals surface area contributed by atoms with Gasteiger partial charge in [0.05, 0.1) is 0 Å². The second-order valence-electron chi connectivity index (χ2n) is 5.51. The molecule has 3 heteroatoms. The number of halogens is 1. The van der Waals surface area contributed by atoms with Gasteiger partial charge in [0.15, 0.2) is 0 Å². The summed E-state index contributed by atoms with van der Waals surface area (Å²) >= 11 is 0. The van der Waals surface area contributed by atoms with Crippen LogP contribution in [0, 0.1) is 11.7 Å². The molecule has 100 valence electrons. The lowest BCUT2D eigenvalue weighted by atomic mass is 10.0. The lowest BCUT2D eigenvalue weighted by Crippen LogP contribution is -2.27. The largest absolute Gasteiger partial charge is 0.508 e. The van der Waals surface area contributed by atoms with Gasteiger partial charge in [0, 0.05) is 18.7 Å². The lowest BCUT2D eigenvalue weighted by Gasteiger charge is -2.16. The molecule has 0 radical (unpaired) electrons. The molecule has 1 aliphatic rings. The third-order valence-corrected chi connectivity index (χ3v) is 3.79. The molecule has 1 fully saturated rings. The van der Waals surface area contributed by atoms with Gasteiger partial charge < -0.3 is 10.4 Å². The van der Waals surface area contributed by atoms with Gasteiger partial charge in [-0.3, -0.25) is 0 Å². The first-order chi connectivity index (χ1) is 8.63. The van der Waals surface area contributed by atoms with Crippen molar-refractivity contribution in [2.45, 2.75) is 51.6 Å². The number of benzene rings is 1. The molecule has 2 N–H and O–H groups in total. The molecule has 0 aliphatic heterocycles. The van der Waals surface area contributed by atoms with Gasteiger partial charge in [0.25, 0.3) is 0 Å². The number of phenolic OH excluding ortho intramolecular Hbond substituents is 1. The fraction of sp³-hybridized carbons (Fsp3) is 0.600. The maximum absolute atomic E-state index is 13.1. The second kappa shape index (κ2) is 6.19. The summed E-state index contributed by atoms with van der Waals surface area (Å²) in [6, 6.07) is 4.76. The normalized spacial score (nSPS) is 24.8. The van der Waals surface area contributed by atoms with Crippen molar-refractivity contribution in [3.63, 3.8) is 0 Å². The van der Waals surface area contributed by atoms with E-state index in [2.05, 4.69) is 12.2 Å². The first kappa shape index (κ1) is 13.3. The first-order valence-electron chi connectivity index (χ1n) is 6.85. The number of nitrogens with one attached hydrogen (secondary N) is 1. The standard InChI is InChI=1S/C15H22FNO/c1-11-3-2-4-14(6-5-11)17-10-12-7-13(16)9-15(18)8-12/h7-9,11,14,17-18H,2-6,10H2,1H3. The summed E-state index contributed by atoms with van der Waals surface area (Å²) < 4.78 is 13.1. The zero-order valence-electron chi connectivity index (χ0n) is 11.0. The van der Waals surface area contributed by atoms with Crippen LogP contribution in [-0.2, 0) is 6.54 Å². The number of hydrogen-bond acceptors (Lipinski definition) is 2. The van der Waals surface area contributed by atoms with E-state index in [1.54, 1.807) is 6.07 Å². The van der Waals surface area contributed by atoms with E-state index in [0.717, 1.165) is 17.5 Å². The van der Waals surface area contributed by atoms with Crippen molar-refractivity contribution in [2.24, 2.45) is 5.92 Å². The van der Waals surface area contributed by atoms with Crippen molar-refractivity contribution >= 4 is 0 Å². The van der Waals surface area contributed by atoms with E-state index >= 15 is 0 Å². The van der Waals surface area contributed by atoms with E-state index in [9.17, 15) is 9.50 Å². The molecule has 0 aromatic heterocycles. The Bertz CT molecular complexity index is 374. The number of rotatable bonds is 3. The number of phenols is 1. The van der Waals surface area contributed by atoms with Crippen LogP contribution in [0.5, 0.6) is 5.75 Å². The van der Waals surface area contributed by atoms with Crippen LogP contribution in [0.2, 0.25) is 0 Å². The highest BCUT2D eigenvalue weighted by Crippen LogP contribution is 2.23. The van der Waals surface area contributed by atoms with Gasteiger partial charge >= 0.3 is 0 Å². The highest BCUT2D eigenvalue weighted by Gasteiger charge is 2.15. The zero-order valence-corrected chi connectivity index (χ0v) is 11.0. The summed E-state index contributed by atoms with van der Waals surface area (Å²) in [5, 5.41) is 12.8. The Balaban J connectivity index is 1.86. The molecule has 1 aromatic rings. The van der Waals surface area contributed by atoms with Gasteiger partial charge in [0.2, 0.25) is 0 Å². The SMILES string of the molecule is CC1CCCC(NCc2cc(O)cc(F)c2)CC1. The molecule has 0 amide bonds. The molecule has 0 heterocycles. The summed E-state index contributed by atoms with van der Waals surface area (Å²) in [6.45, 7) is 2.94. The maximum atomic E-state index is 13.1. The van der Waals surface area contributed by atoms with E-state index in [1.165, 1.54) is 38.2 Å². The van der Waals surface area contributed by atoms with Gasteiger partial charge in [-0.15, -0.1) is 0 Å². The van der Waals surface area contributed by atoms with Crippen molar-refractivity contribution in [3.05, 3.63) is 29.6 Å². The second-order valence-corrected chi connectivity index (χ2v) is 5.51. The highest BCUT2D eigenvalue weighted by atomic mass is 19.1. The maximum Gasteiger partial charge on any atom is 0.127 e. The van der Waals surface area contributed by atoms with Gasteiger partial charge in [0.1, 0.15) is 11.6 Å². The van der Waals surface area contributed by atoms with Crippen molar-refractivity contribution in [2.75, 3.05) is 0 Å². The summed E-state index contributed by atoms with van der Waals surface area (Å²) in [6.07, 6.45) is 6.26. The third-order valence-electron chi connectivity index (χ3n) is 3.79. The summed E-state index contributed by atoms with van der Waals surface area (Å²) in [4.78, 5) is 0.